The smallest absolute Gasteiger partial charge is 0.265 e. The van der Waals surface area contributed by atoms with Crippen molar-refractivity contribution in [2.75, 3.05) is 57.8 Å². The number of hydrogen-bond donors (Lipinski definition) is 1. The number of thioether (sulfide) groups is 1. The Morgan fingerprint density at radius 2 is 1.75 bits per heavy atom. The minimum Gasteiger partial charge on any atom is -0.355 e. The van der Waals surface area contributed by atoms with Gasteiger partial charge < -0.3 is 15.1 Å². The number of likely N-dealkylation sites (N-methyl/N-ethyl adjacent to an activating group) is 1. The summed E-state index contributed by atoms with van der Waals surface area (Å²) >= 11 is 1.46. The Labute approximate surface area is 194 Å². The first-order chi connectivity index (χ1) is 15.6. The molecule has 2 amide bonds. The van der Waals surface area contributed by atoms with Gasteiger partial charge in [0.25, 0.3) is 5.91 Å². The molecule has 168 valence electrons. The zero-order valence-corrected chi connectivity index (χ0v) is 19.3. The number of anilines is 1. The second kappa shape index (κ2) is 10.8. The van der Waals surface area contributed by atoms with E-state index in [4.69, 9.17) is 0 Å². The van der Waals surface area contributed by atoms with Crippen molar-refractivity contribution >= 4 is 35.3 Å². The Hall–Kier alpha value is -2.61. The molecule has 0 aliphatic carbocycles. The number of para-hydroxylation sites is 1. The van der Waals surface area contributed by atoms with Gasteiger partial charge in [0.15, 0.2) is 0 Å². The van der Waals surface area contributed by atoms with Crippen molar-refractivity contribution in [1.29, 1.82) is 0 Å². The lowest BCUT2D eigenvalue weighted by Crippen LogP contribution is -2.45. The van der Waals surface area contributed by atoms with Gasteiger partial charge in [-0.3, -0.25) is 14.5 Å². The molecule has 2 aromatic rings. The highest BCUT2D eigenvalue weighted by Crippen LogP contribution is 2.41. The molecule has 0 saturated carbocycles. The monoisotopic (exact) mass is 450 g/mol. The summed E-state index contributed by atoms with van der Waals surface area (Å²) in [6.07, 6.45) is 2.80. The zero-order chi connectivity index (χ0) is 22.3. The number of amides is 2. The summed E-state index contributed by atoms with van der Waals surface area (Å²) in [5.74, 6) is -0.261. The van der Waals surface area contributed by atoms with Crippen molar-refractivity contribution in [3.8, 4) is 0 Å². The molecular weight excluding hydrogens is 420 g/mol. The van der Waals surface area contributed by atoms with Gasteiger partial charge in [0.2, 0.25) is 5.91 Å². The van der Waals surface area contributed by atoms with Crippen molar-refractivity contribution in [2.24, 2.45) is 0 Å². The Bertz CT molecular complexity index is 971. The van der Waals surface area contributed by atoms with E-state index in [2.05, 4.69) is 22.2 Å². The van der Waals surface area contributed by atoms with E-state index in [1.54, 1.807) is 4.90 Å². The second-order valence-electron chi connectivity index (χ2n) is 8.23. The van der Waals surface area contributed by atoms with Crippen LogP contribution >= 0.6 is 11.8 Å². The molecule has 0 spiro atoms. The molecule has 1 N–H and O–H groups in total. The minimum absolute atomic E-state index is 0.0248. The Balaban J connectivity index is 1.36. The summed E-state index contributed by atoms with van der Waals surface area (Å²) in [4.78, 5) is 33.9. The highest BCUT2D eigenvalue weighted by Gasteiger charge is 2.30. The van der Waals surface area contributed by atoms with E-state index in [0.29, 0.717) is 11.4 Å². The summed E-state index contributed by atoms with van der Waals surface area (Å²) in [6, 6.07) is 17.5. The van der Waals surface area contributed by atoms with Crippen LogP contribution < -0.4 is 10.2 Å². The third kappa shape index (κ3) is 5.79. The molecule has 0 atom stereocenters. The van der Waals surface area contributed by atoms with Gasteiger partial charge in [-0.05, 0) is 43.8 Å². The molecule has 2 aliphatic heterocycles. The first-order valence-electron chi connectivity index (χ1n) is 11.1. The maximum Gasteiger partial charge on any atom is 0.265 e. The van der Waals surface area contributed by atoms with Crippen molar-refractivity contribution in [1.82, 2.24) is 15.1 Å². The van der Waals surface area contributed by atoms with Crippen LogP contribution in [0.25, 0.3) is 6.08 Å². The lowest BCUT2D eigenvalue weighted by Gasteiger charge is -2.32. The number of benzene rings is 2. The SMILES string of the molecule is CN1CCN(CCCNC(=O)CN2C(=O)C(=Cc3ccccc3)Sc3ccccc32)CC1. The average Bonchev–Trinajstić information content (AvgIpc) is 2.81. The normalized spacial score (nSPS) is 18.6. The molecule has 32 heavy (non-hydrogen) atoms. The fourth-order valence-electron chi connectivity index (χ4n) is 3.92. The van der Waals surface area contributed by atoms with Crippen molar-refractivity contribution in [3.63, 3.8) is 0 Å². The molecule has 6 nitrogen and oxygen atoms in total. The molecule has 0 unspecified atom stereocenters. The number of nitrogens with zero attached hydrogens (tertiary/aromatic N) is 3. The van der Waals surface area contributed by atoms with Crippen molar-refractivity contribution < 1.29 is 9.59 Å². The topological polar surface area (TPSA) is 55.9 Å². The molecule has 0 bridgehead atoms. The fraction of sp³-hybridized carbons (Fsp3) is 0.360. The number of nitrogens with one attached hydrogen (secondary N) is 1. The maximum absolute atomic E-state index is 13.2. The van der Waals surface area contributed by atoms with Crippen LogP contribution in [0.1, 0.15) is 12.0 Å². The summed E-state index contributed by atoms with van der Waals surface area (Å²) in [5, 5.41) is 3.00. The molecule has 2 aromatic carbocycles. The number of rotatable bonds is 7. The van der Waals surface area contributed by atoms with Crippen LogP contribution in [-0.4, -0.2) is 74.5 Å². The van der Waals surface area contributed by atoms with E-state index in [9.17, 15) is 9.59 Å². The standard InChI is InChI=1S/C25H30N4O2S/c1-27-14-16-28(17-15-27)13-7-12-26-24(30)19-29-21-10-5-6-11-22(21)32-23(25(29)31)18-20-8-3-2-4-9-20/h2-6,8-11,18H,7,12-17,19H2,1H3,(H,26,30). The van der Waals surface area contributed by atoms with E-state index >= 15 is 0 Å². The molecule has 1 saturated heterocycles. The fourth-order valence-corrected chi connectivity index (χ4v) is 4.98. The van der Waals surface area contributed by atoms with Crippen LogP contribution in [-0.2, 0) is 9.59 Å². The number of carbonyl (C=O) groups excluding carboxylic acids is 2. The van der Waals surface area contributed by atoms with Crippen LogP contribution in [0.3, 0.4) is 0 Å². The quantitative estimate of drug-likeness (QED) is 0.519. The highest BCUT2D eigenvalue weighted by molar-refractivity contribution is 8.04. The van der Waals surface area contributed by atoms with Crippen molar-refractivity contribution in [2.45, 2.75) is 11.3 Å². The van der Waals surface area contributed by atoms with Gasteiger partial charge in [-0.1, -0.05) is 54.2 Å². The van der Waals surface area contributed by atoms with Gasteiger partial charge in [-0.2, -0.15) is 0 Å². The largest absolute Gasteiger partial charge is 0.355 e. The first-order valence-corrected chi connectivity index (χ1v) is 11.9. The second-order valence-corrected chi connectivity index (χ2v) is 9.31. The molecule has 4 rings (SSSR count). The van der Waals surface area contributed by atoms with Gasteiger partial charge in [0.05, 0.1) is 10.6 Å². The molecule has 2 aliphatic rings. The summed E-state index contributed by atoms with van der Waals surface area (Å²) in [6.45, 7) is 5.99. The summed E-state index contributed by atoms with van der Waals surface area (Å²) < 4.78 is 0. The number of hydrogen-bond acceptors (Lipinski definition) is 5. The lowest BCUT2D eigenvalue weighted by molar-refractivity contribution is -0.122. The van der Waals surface area contributed by atoms with Crippen LogP contribution in [0.4, 0.5) is 5.69 Å². The van der Waals surface area contributed by atoms with E-state index in [-0.39, 0.29) is 18.4 Å². The van der Waals surface area contributed by atoms with Gasteiger partial charge in [-0.25, -0.2) is 0 Å². The molecule has 2 heterocycles. The highest BCUT2D eigenvalue weighted by atomic mass is 32.2. The third-order valence-electron chi connectivity index (χ3n) is 5.80. The molecule has 1 fully saturated rings. The summed E-state index contributed by atoms with van der Waals surface area (Å²) in [7, 11) is 2.15. The van der Waals surface area contributed by atoms with E-state index in [0.717, 1.165) is 55.3 Å². The molecule has 0 radical (unpaired) electrons. The number of piperazine rings is 1. The van der Waals surface area contributed by atoms with Gasteiger partial charge >= 0.3 is 0 Å². The van der Waals surface area contributed by atoms with Crippen LogP contribution in [0.5, 0.6) is 0 Å². The maximum atomic E-state index is 13.2. The van der Waals surface area contributed by atoms with E-state index in [1.807, 2.05) is 60.7 Å². The molecule has 0 aromatic heterocycles. The van der Waals surface area contributed by atoms with Crippen LogP contribution in [0.15, 0.2) is 64.4 Å². The van der Waals surface area contributed by atoms with Gasteiger partial charge in [0, 0.05) is 37.6 Å². The average molecular weight is 451 g/mol. The van der Waals surface area contributed by atoms with Crippen LogP contribution in [0, 0.1) is 0 Å². The predicted octanol–water partition coefficient (Wildman–Crippen LogP) is 2.92. The number of fused-ring (bicyclic) bond motifs is 1. The van der Waals surface area contributed by atoms with Crippen LogP contribution in [0.2, 0.25) is 0 Å². The number of carbonyl (C=O) groups is 2. The van der Waals surface area contributed by atoms with Crippen molar-refractivity contribution in [3.05, 3.63) is 65.1 Å². The zero-order valence-electron chi connectivity index (χ0n) is 18.5. The summed E-state index contributed by atoms with van der Waals surface area (Å²) in [5.41, 5.74) is 1.76. The molecular formula is C25H30N4O2S. The van der Waals surface area contributed by atoms with E-state index < -0.39 is 0 Å². The van der Waals surface area contributed by atoms with E-state index in [1.165, 1.54) is 11.8 Å². The minimum atomic E-state index is -0.134. The first kappa shape index (κ1) is 22.6. The van der Waals surface area contributed by atoms with Gasteiger partial charge in [-0.15, -0.1) is 0 Å². The predicted molar refractivity (Wildman–Crippen MR) is 131 cm³/mol. The Morgan fingerprint density at radius 1 is 1.03 bits per heavy atom. The Morgan fingerprint density at radius 3 is 2.53 bits per heavy atom. The Kier molecular flexibility index (Phi) is 7.63. The molecule has 7 heteroatoms. The third-order valence-corrected chi connectivity index (χ3v) is 6.88. The lowest BCUT2D eigenvalue weighted by atomic mass is 10.2. The van der Waals surface area contributed by atoms with Gasteiger partial charge in [0.1, 0.15) is 6.54 Å².